The van der Waals surface area contributed by atoms with Crippen LogP contribution >= 0.6 is 11.8 Å². The molecule has 26 heavy (non-hydrogen) atoms. The Morgan fingerprint density at radius 1 is 1.31 bits per heavy atom. The van der Waals surface area contributed by atoms with E-state index in [2.05, 4.69) is 10.3 Å². The molecule has 0 aliphatic carbocycles. The smallest absolute Gasteiger partial charge is 0.270 e. The van der Waals surface area contributed by atoms with Gasteiger partial charge in [-0.15, -0.1) is 11.8 Å². The number of rotatable bonds is 3. The first-order valence-corrected chi connectivity index (χ1v) is 9.11. The number of aliphatic imine (C=N–C) groups is 1. The van der Waals surface area contributed by atoms with E-state index in [4.69, 9.17) is 13.6 Å². The molecule has 2 radical (unpaired) electrons. The van der Waals surface area contributed by atoms with E-state index in [0.717, 1.165) is 6.92 Å². The molecule has 3 N–H and O–H groups in total. The Hall–Kier alpha value is -1.83. The second kappa shape index (κ2) is 6.11. The van der Waals surface area contributed by atoms with Crippen molar-refractivity contribution in [1.82, 2.24) is 5.32 Å². The average Bonchev–Trinajstić information content (AvgIpc) is 2.87. The van der Waals surface area contributed by atoms with Crippen LogP contribution < -0.4 is 11.1 Å². The van der Waals surface area contributed by atoms with Crippen molar-refractivity contribution in [2.75, 3.05) is 0 Å². The van der Waals surface area contributed by atoms with Gasteiger partial charge in [-0.25, -0.2) is 13.8 Å². The van der Waals surface area contributed by atoms with Crippen LogP contribution in [-0.4, -0.2) is 30.0 Å². The van der Waals surface area contributed by atoms with Crippen LogP contribution in [0.4, 0.5) is 8.78 Å². The van der Waals surface area contributed by atoms with Crippen molar-refractivity contribution in [3.8, 4) is 0 Å². The molecule has 0 fully saturated rings. The van der Waals surface area contributed by atoms with Crippen molar-refractivity contribution in [1.29, 1.82) is 0 Å². The highest BCUT2D eigenvalue weighted by atomic mass is 32.2. The number of benzene rings is 1. The first-order valence-electron chi connectivity index (χ1n) is 8.23. The third kappa shape index (κ3) is 2.84. The van der Waals surface area contributed by atoms with E-state index in [1.807, 2.05) is 25.3 Å². The van der Waals surface area contributed by atoms with Crippen molar-refractivity contribution in [2.45, 2.75) is 48.7 Å². The van der Waals surface area contributed by atoms with Crippen LogP contribution in [-0.2, 0) is 10.7 Å². The molecular formula is C18H20BF2N3OS. The summed E-state index contributed by atoms with van der Waals surface area (Å²) in [4.78, 5) is 17.4. The highest BCUT2D eigenvalue weighted by Crippen LogP contribution is 2.56. The summed E-state index contributed by atoms with van der Waals surface area (Å²) in [6.45, 7) is 4.62. The molecule has 2 heterocycles. The summed E-state index contributed by atoms with van der Waals surface area (Å²) >= 11 is 1.50. The van der Waals surface area contributed by atoms with Crippen LogP contribution in [0.15, 0.2) is 40.7 Å². The lowest BCUT2D eigenvalue weighted by Gasteiger charge is -2.49. The maximum Gasteiger partial charge on any atom is 0.270 e. The molecule has 2 aliphatic heterocycles. The van der Waals surface area contributed by atoms with Crippen LogP contribution in [0.1, 0.15) is 37.8 Å². The molecule has 0 spiro atoms. The maximum atomic E-state index is 13.5. The van der Waals surface area contributed by atoms with E-state index in [9.17, 15) is 13.6 Å². The maximum absolute atomic E-state index is 13.5. The van der Waals surface area contributed by atoms with Gasteiger partial charge in [0.1, 0.15) is 0 Å². The number of nitrogens with zero attached hydrogens (tertiary/aromatic N) is 1. The average molecular weight is 375 g/mol. The minimum absolute atomic E-state index is 0.0337. The van der Waals surface area contributed by atoms with Gasteiger partial charge >= 0.3 is 0 Å². The van der Waals surface area contributed by atoms with Gasteiger partial charge in [0.15, 0.2) is 5.96 Å². The zero-order valence-corrected chi connectivity index (χ0v) is 15.6. The zero-order valence-electron chi connectivity index (χ0n) is 14.8. The highest BCUT2D eigenvalue weighted by molar-refractivity contribution is 8.03. The minimum atomic E-state index is -2.95. The van der Waals surface area contributed by atoms with Gasteiger partial charge in [-0.2, -0.15) is 0 Å². The minimum Gasteiger partial charge on any atom is -0.370 e. The zero-order chi connectivity index (χ0) is 19.3. The number of allylic oxidation sites excluding steroid dienone is 1. The molecule has 8 heteroatoms. The van der Waals surface area contributed by atoms with E-state index in [0.29, 0.717) is 5.56 Å². The Kier molecular flexibility index (Phi) is 4.46. The molecule has 1 aromatic carbocycles. The lowest BCUT2D eigenvalue weighted by Crippen LogP contribution is -2.61. The molecule has 3 rings (SSSR count). The fourth-order valence-corrected chi connectivity index (χ4v) is 4.79. The number of halogens is 2. The van der Waals surface area contributed by atoms with Crippen molar-refractivity contribution < 1.29 is 13.6 Å². The van der Waals surface area contributed by atoms with Crippen molar-refractivity contribution in [2.24, 2.45) is 10.7 Å². The van der Waals surface area contributed by atoms with Crippen LogP contribution in [0.2, 0.25) is 5.82 Å². The van der Waals surface area contributed by atoms with Crippen LogP contribution in [0, 0.1) is 0 Å². The Labute approximate surface area is 157 Å². The summed E-state index contributed by atoms with van der Waals surface area (Å²) in [5.74, 6) is -4.28. The Balaban J connectivity index is 2.10. The lowest BCUT2D eigenvalue weighted by molar-refractivity contribution is -0.123. The summed E-state index contributed by atoms with van der Waals surface area (Å²) in [6, 6.07) is 5.78. The lowest BCUT2D eigenvalue weighted by atomic mass is 9.62. The van der Waals surface area contributed by atoms with Crippen molar-refractivity contribution in [3.63, 3.8) is 0 Å². The summed E-state index contributed by atoms with van der Waals surface area (Å²) in [5.41, 5.74) is 5.37. The van der Waals surface area contributed by atoms with Gasteiger partial charge in [0.2, 0.25) is 5.91 Å². The molecule has 0 aromatic heterocycles. The molecule has 0 bridgehead atoms. The molecule has 1 amide bonds. The largest absolute Gasteiger partial charge is 0.370 e. The fourth-order valence-electron chi connectivity index (χ4n) is 3.62. The van der Waals surface area contributed by atoms with E-state index in [-0.39, 0.29) is 23.2 Å². The fraction of sp³-hybridized carbons (Fsp3) is 0.444. The molecule has 2 unspecified atom stereocenters. The SMILES string of the molecule is [B]C1C=CSC1(C)[C@@]1(C)N=C(N)NC(=O)[C@H]1c1ccc(C(C)(F)F)cc1. The predicted molar refractivity (Wildman–Crippen MR) is 102 cm³/mol. The summed E-state index contributed by atoms with van der Waals surface area (Å²) in [5, 5.41) is 4.45. The van der Waals surface area contributed by atoms with Gasteiger partial charge in [-0.3, -0.25) is 10.1 Å². The summed E-state index contributed by atoms with van der Waals surface area (Å²) in [7, 11) is 6.29. The number of thioether (sulfide) groups is 1. The van der Waals surface area contributed by atoms with Gasteiger partial charge in [0.05, 0.1) is 19.3 Å². The van der Waals surface area contributed by atoms with Gasteiger partial charge in [-0.05, 0) is 30.6 Å². The topological polar surface area (TPSA) is 67.5 Å². The van der Waals surface area contributed by atoms with Gasteiger partial charge < -0.3 is 5.73 Å². The molecule has 4 nitrogen and oxygen atoms in total. The van der Waals surface area contributed by atoms with Crippen molar-refractivity contribution in [3.05, 3.63) is 46.9 Å². The second-order valence-electron chi connectivity index (χ2n) is 7.16. The number of guanidine groups is 1. The Bertz CT molecular complexity index is 793. The Morgan fingerprint density at radius 2 is 1.92 bits per heavy atom. The quantitative estimate of drug-likeness (QED) is 0.798. The van der Waals surface area contributed by atoms with Gasteiger partial charge in [0, 0.05) is 17.2 Å². The number of nitrogens with two attached hydrogens (primary N) is 1. The number of carbonyl (C=O) groups excluding carboxylic acids is 1. The Morgan fingerprint density at radius 3 is 2.42 bits per heavy atom. The third-order valence-electron chi connectivity index (χ3n) is 5.42. The molecule has 4 atom stereocenters. The first-order chi connectivity index (χ1) is 12.0. The normalized spacial score (nSPS) is 34.5. The number of amides is 1. The van der Waals surface area contributed by atoms with Crippen LogP contribution in [0.25, 0.3) is 0 Å². The monoisotopic (exact) mass is 375 g/mol. The van der Waals surface area contributed by atoms with Crippen LogP contribution in [0.5, 0.6) is 0 Å². The van der Waals surface area contributed by atoms with Crippen LogP contribution in [0.3, 0.4) is 0 Å². The van der Waals surface area contributed by atoms with Gasteiger partial charge in [0.25, 0.3) is 5.92 Å². The summed E-state index contributed by atoms with van der Waals surface area (Å²) < 4.78 is 26.4. The van der Waals surface area contributed by atoms with E-state index >= 15 is 0 Å². The van der Waals surface area contributed by atoms with Gasteiger partial charge in [-0.1, -0.05) is 30.3 Å². The van der Waals surface area contributed by atoms with Crippen molar-refractivity contribution >= 4 is 31.5 Å². The number of nitrogens with one attached hydrogen (secondary N) is 1. The molecule has 0 saturated heterocycles. The highest BCUT2D eigenvalue weighted by Gasteiger charge is 2.58. The number of alkyl halides is 2. The van der Waals surface area contributed by atoms with E-state index in [1.54, 1.807) is 12.1 Å². The van der Waals surface area contributed by atoms with E-state index in [1.165, 1.54) is 23.9 Å². The molecule has 0 saturated carbocycles. The predicted octanol–water partition coefficient (Wildman–Crippen LogP) is 3.06. The molecular weight excluding hydrogens is 355 g/mol. The number of carbonyl (C=O) groups is 1. The third-order valence-corrected chi connectivity index (χ3v) is 6.89. The summed E-state index contributed by atoms with van der Waals surface area (Å²) in [6.07, 6.45) is 1.87. The molecule has 1 aromatic rings. The number of hydrogen-bond acceptors (Lipinski definition) is 4. The molecule has 136 valence electrons. The van der Waals surface area contributed by atoms with E-state index < -0.39 is 22.1 Å². The second-order valence-corrected chi connectivity index (χ2v) is 8.51. The first kappa shape index (κ1) is 19.0. The number of hydrogen-bond donors (Lipinski definition) is 2. The molecule has 2 aliphatic rings. The standard InChI is InChI=1S/C18H20BF2N3OS/c1-16(17(2)12(19)8-9-26-17)13(14(25)23-15(22)24-16)10-4-6-11(7-5-10)18(3,20)21/h4-9,12-13H,1-3H3,(H3,22,23,24,25)/t12?,13-,16+,17?/m1/s1.